The number of benzene rings is 2. The first-order valence-corrected chi connectivity index (χ1v) is 6.68. The first-order valence-electron chi connectivity index (χ1n) is 6.68. The number of ether oxygens (including phenoxy) is 2. The van der Waals surface area contributed by atoms with Crippen molar-refractivity contribution in [1.82, 2.24) is 10.1 Å². The highest BCUT2D eigenvalue weighted by Gasteiger charge is 2.27. The van der Waals surface area contributed by atoms with Crippen LogP contribution in [0, 0.1) is 0 Å². The largest absolute Gasteiger partial charge is 0.485 e. The van der Waals surface area contributed by atoms with Gasteiger partial charge < -0.3 is 14.0 Å². The molecule has 3 aromatic rings. The highest BCUT2D eigenvalue weighted by Crippen LogP contribution is 2.35. The van der Waals surface area contributed by atoms with Gasteiger partial charge in [0, 0.05) is 5.56 Å². The van der Waals surface area contributed by atoms with Gasteiger partial charge in [-0.25, -0.2) is 0 Å². The van der Waals surface area contributed by atoms with Crippen molar-refractivity contribution >= 4 is 0 Å². The van der Waals surface area contributed by atoms with Crippen molar-refractivity contribution in [1.29, 1.82) is 0 Å². The van der Waals surface area contributed by atoms with Gasteiger partial charge >= 0.3 is 0 Å². The van der Waals surface area contributed by atoms with Crippen molar-refractivity contribution in [2.45, 2.75) is 6.10 Å². The minimum absolute atomic E-state index is 0.355. The molecule has 0 aliphatic carbocycles. The molecule has 0 amide bonds. The van der Waals surface area contributed by atoms with Gasteiger partial charge in [0.25, 0.3) is 5.89 Å². The van der Waals surface area contributed by atoms with Crippen LogP contribution in [0.25, 0.3) is 11.4 Å². The Morgan fingerprint density at radius 2 is 1.67 bits per heavy atom. The van der Waals surface area contributed by atoms with Crippen molar-refractivity contribution < 1.29 is 14.0 Å². The molecule has 5 heteroatoms. The zero-order chi connectivity index (χ0) is 14.1. The minimum Gasteiger partial charge on any atom is -0.485 e. The summed E-state index contributed by atoms with van der Waals surface area (Å²) in [5.41, 5.74) is 0.907. The molecule has 1 aliphatic heterocycles. The van der Waals surface area contributed by atoms with Crippen molar-refractivity contribution in [3.05, 3.63) is 60.5 Å². The van der Waals surface area contributed by atoms with Crippen LogP contribution in [-0.4, -0.2) is 16.7 Å². The van der Waals surface area contributed by atoms with Gasteiger partial charge in [-0.3, -0.25) is 0 Å². The quantitative estimate of drug-likeness (QED) is 0.721. The van der Waals surface area contributed by atoms with Crippen LogP contribution < -0.4 is 9.47 Å². The van der Waals surface area contributed by atoms with Gasteiger partial charge in [-0.15, -0.1) is 0 Å². The third kappa shape index (κ3) is 2.23. The molecule has 5 nitrogen and oxygen atoms in total. The Bertz CT molecular complexity index is 755. The number of aromatic nitrogens is 2. The summed E-state index contributed by atoms with van der Waals surface area (Å²) in [6.45, 7) is 0.355. The molecule has 4 rings (SSSR count). The molecule has 2 heterocycles. The van der Waals surface area contributed by atoms with E-state index in [1.807, 2.05) is 54.6 Å². The van der Waals surface area contributed by atoms with Gasteiger partial charge in [0.15, 0.2) is 11.5 Å². The lowest BCUT2D eigenvalue weighted by Crippen LogP contribution is -2.21. The number of fused-ring (bicyclic) bond motifs is 1. The fourth-order valence-corrected chi connectivity index (χ4v) is 2.21. The Labute approximate surface area is 121 Å². The number of rotatable bonds is 2. The van der Waals surface area contributed by atoms with E-state index in [9.17, 15) is 0 Å². The molecule has 1 aliphatic rings. The van der Waals surface area contributed by atoms with E-state index in [4.69, 9.17) is 14.0 Å². The molecule has 0 saturated heterocycles. The van der Waals surface area contributed by atoms with Crippen LogP contribution >= 0.6 is 0 Å². The standard InChI is InChI=1S/C16H12N2O3/c1-2-6-11(7-3-1)15-17-16(21-18-15)14-10-19-12-8-4-5-9-13(12)20-14/h1-9,14H,10H2/t14-/m0/s1. The van der Waals surface area contributed by atoms with Gasteiger partial charge in [-0.05, 0) is 12.1 Å². The number of nitrogens with zero attached hydrogens (tertiary/aromatic N) is 2. The van der Waals surface area contributed by atoms with E-state index >= 15 is 0 Å². The van der Waals surface area contributed by atoms with E-state index in [1.54, 1.807) is 0 Å². The minimum atomic E-state index is -0.384. The fraction of sp³-hybridized carbons (Fsp3) is 0.125. The van der Waals surface area contributed by atoms with E-state index in [1.165, 1.54) is 0 Å². The highest BCUT2D eigenvalue weighted by molar-refractivity contribution is 5.53. The summed E-state index contributed by atoms with van der Waals surface area (Å²) < 4.78 is 16.8. The molecule has 0 radical (unpaired) electrons. The Balaban J connectivity index is 1.60. The molecule has 104 valence electrons. The third-order valence-electron chi connectivity index (χ3n) is 3.26. The number of hydrogen-bond donors (Lipinski definition) is 0. The topological polar surface area (TPSA) is 57.4 Å². The van der Waals surface area contributed by atoms with Crippen molar-refractivity contribution in [2.24, 2.45) is 0 Å². The van der Waals surface area contributed by atoms with Crippen LogP contribution in [0.3, 0.4) is 0 Å². The molecule has 21 heavy (non-hydrogen) atoms. The van der Waals surface area contributed by atoms with E-state index in [2.05, 4.69) is 10.1 Å². The molecule has 0 bridgehead atoms. The Kier molecular flexibility index (Phi) is 2.81. The second kappa shape index (κ2) is 4.94. The van der Waals surface area contributed by atoms with Gasteiger partial charge in [-0.1, -0.05) is 47.6 Å². The molecule has 0 N–H and O–H groups in total. The summed E-state index contributed by atoms with van der Waals surface area (Å²) >= 11 is 0. The van der Waals surface area contributed by atoms with Crippen molar-refractivity contribution in [3.63, 3.8) is 0 Å². The predicted molar refractivity (Wildman–Crippen MR) is 75.0 cm³/mol. The Morgan fingerprint density at radius 1 is 0.905 bits per heavy atom. The molecular weight excluding hydrogens is 268 g/mol. The van der Waals surface area contributed by atoms with E-state index < -0.39 is 0 Å². The van der Waals surface area contributed by atoms with Gasteiger partial charge in [0.05, 0.1) is 0 Å². The summed E-state index contributed by atoms with van der Waals surface area (Å²) in [5.74, 6) is 2.39. The van der Waals surface area contributed by atoms with Crippen LogP contribution in [0.5, 0.6) is 11.5 Å². The van der Waals surface area contributed by atoms with E-state index in [-0.39, 0.29) is 6.10 Å². The number of para-hydroxylation sites is 2. The van der Waals surface area contributed by atoms with Crippen molar-refractivity contribution in [2.75, 3.05) is 6.61 Å². The molecule has 0 unspecified atom stereocenters. The average Bonchev–Trinajstić information content (AvgIpc) is 3.05. The molecule has 1 atom stereocenters. The monoisotopic (exact) mass is 280 g/mol. The lowest BCUT2D eigenvalue weighted by Gasteiger charge is -2.23. The maximum absolute atomic E-state index is 5.85. The smallest absolute Gasteiger partial charge is 0.271 e. The SMILES string of the molecule is c1ccc(-c2noc([C@@H]3COc4ccccc4O3)n2)cc1. The Hall–Kier alpha value is -2.82. The van der Waals surface area contributed by atoms with Crippen molar-refractivity contribution in [3.8, 4) is 22.9 Å². The molecule has 0 fully saturated rings. The second-order valence-electron chi connectivity index (χ2n) is 4.69. The number of hydrogen-bond acceptors (Lipinski definition) is 5. The third-order valence-corrected chi connectivity index (χ3v) is 3.26. The van der Waals surface area contributed by atoms with E-state index in [0.717, 1.165) is 11.3 Å². The molecule has 0 spiro atoms. The second-order valence-corrected chi connectivity index (χ2v) is 4.69. The lowest BCUT2D eigenvalue weighted by molar-refractivity contribution is 0.0665. The van der Waals surface area contributed by atoms with Gasteiger partial charge in [-0.2, -0.15) is 4.98 Å². The van der Waals surface area contributed by atoms with E-state index in [0.29, 0.717) is 24.1 Å². The average molecular weight is 280 g/mol. The summed E-state index contributed by atoms with van der Waals surface area (Å²) in [6.07, 6.45) is -0.384. The first-order chi connectivity index (χ1) is 10.4. The van der Waals surface area contributed by atoms with Crippen LogP contribution in [0.2, 0.25) is 0 Å². The maximum atomic E-state index is 5.85. The van der Waals surface area contributed by atoms with Crippen LogP contribution in [0.1, 0.15) is 12.0 Å². The predicted octanol–water partition coefficient (Wildman–Crippen LogP) is 3.25. The van der Waals surface area contributed by atoms with Crippen LogP contribution in [0.4, 0.5) is 0 Å². The Morgan fingerprint density at radius 3 is 2.52 bits per heavy atom. The zero-order valence-electron chi connectivity index (χ0n) is 11.1. The summed E-state index contributed by atoms with van der Waals surface area (Å²) in [6, 6.07) is 17.2. The molecule has 2 aromatic carbocycles. The maximum Gasteiger partial charge on any atom is 0.271 e. The van der Waals surface area contributed by atoms with Crippen LogP contribution in [-0.2, 0) is 0 Å². The lowest BCUT2D eigenvalue weighted by atomic mass is 10.2. The van der Waals surface area contributed by atoms with Gasteiger partial charge in [0.1, 0.15) is 6.61 Å². The highest BCUT2D eigenvalue weighted by atomic mass is 16.6. The summed E-state index contributed by atoms with van der Waals surface area (Å²) in [7, 11) is 0. The molecule has 1 aromatic heterocycles. The normalized spacial score (nSPS) is 16.7. The first kappa shape index (κ1) is 12.0. The fourth-order valence-electron chi connectivity index (χ4n) is 2.21. The zero-order valence-corrected chi connectivity index (χ0v) is 11.1. The van der Waals surface area contributed by atoms with Crippen LogP contribution in [0.15, 0.2) is 59.1 Å². The molecular formula is C16H12N2O3. The molecule has 0 saturated carbocycles. The summed E-state index contributed by atoms with van der Waals surface area (Å²) in [4.78, 5) is 4.39. The van der Waals surface area contributed by atoms with Gasteiger partial charge in [0.2, 0.25) is 11.9 Å². The summed E-state index contributed by atoms with van der Waals surface area (Å²) in [5, 5.41) is 4.00.